The molecule has 0 fully saturated rings. The monoisotopic (exact) mass is 249 g/mol. The Hall–Kier alpha value is -2.04. The van der Waals surface area contributed by atoms with Gasteiger partial charge in [0.1, 0.15) is 11.9 Å². The number of carboxylic acids is 1. The van der Waals surface area contributed by atoms with E-state index in [-0.39, 0.29) is 24.7 Å². The molecule has 1 aromatic carbocycles. The molecule has 5 nitrogen and oxygen atoms in total. The topological polar surface area (TPSA) is 75.6 Å². The van der Waals surface area contributed by atoms with Crippen LogP contribution in [-0.4, -0.2) is 29.5 Å². The number of nitrogens with one attached hydrogen (secondary N) is 1. The summed E-state index contributed by atoms with van der Waals surface area (Å²) in [5, 5.41) is 11.7. The number of benzene rings is 1. The number of rotatable bonds is 4. The van der Waals surface area contributed by atoms with E-state index >= 15 is 0 Å². The average Bonchev–Trinajstić information content (AvgIpc) is 2.35. The third kappa shape index (κ3) is 2.80. The second kappa shape index (κ2) is 5.08. The minimum atomic E-state index is -0.961. The normalized spacial score (nSPS) is 17.3. The lowest BCUT2D eigenvalue weighted by atomic mass is 10.0. The molecule has 1 unspecified atom stereocenters. The highest BCUT2D eigenvalue weighted by Crippen LogP contribution is 2.30. The molecule has 96 valence electrons. The molecular formula is C13H15NO4. The Morgan fingerprint density at radius 2 is 2.22 bits per heavy atom. The fourth-order valence-electron chi connectivity index (χ4n) is 1.82. The molecule has 1 aromatic rings. The molecule has 1 atom stereocenters. The third-order valence-electron chi connectivity index (χ3n) is 2.78. The summed E-state index contributed by atoms with van der Waals surface area (Å²) in [6.45, 7) is 2.65. The molecule has 18 heavy (non-hydrogen) atoms. The van der Waals surface area contributed by atoms with Gasteiger partial charge in [0, 0.05) is 12.0 Å². The van der Waals surface area contributed by atoms with Gasteiger partial charge in [-0.25, -0.2) is 0 Å². The Morgan fingerprint density at radius 1 is 1.44 bits per heavy atom. The van der Waals surface area contributed by atoms with Crippen molar-refractivity contribution < 1.29 is 19.4 Å². The Kier molecular flexibility index (Phi) is 3.50. The third-order valence-corrected chi connectivity index (χ3v) is 2.78. The largest absolute Gasteiger partial charge is 0.487 e. The highest BCUT2D eigenvalue weighted by atomic mass is 16.5. The van der Waals surface area contributed by atoms with E-state index in [1.54, 1.807) is 18.2 Å². The average molecular weight is 249 g/mol. The summed E-state index contributed by atoms with van der Waals surface area (Å²) in [6, 6.07) is 5.13. The first kappa shape index (κ1) is 12.4. The summed E-state index contributed by atoms with van der Waals surface area (Å²) >= 11 is 0. The molecular weight excluding hydrogens is 234 g/mol. The van der Waals surface area contributed by atoms with Gasteiger partial charge in [-0.2, -0.15) is 0 Å². The minimum Gasteiger partial charge on any atom is -0.487 e. The smallest absolute Gasteiger partial charge is 0.303 e. The van der Waals surface area contributed by atoms with E-state index in [0.717, 1.165) is 11.4 Å². The van der Waals surface area contributed by atoms with Crippen LogP contribution in [0.5, 0.6) is 5.75 Å². The minimum absolute atomic E-state index is 0.0192. The summed E-state index contributed by atoms with van der Waals surface area (Å²) < 4.78 is 5.60. The molecule has 1 aliphatic rings. The van der Waals surface area contributed by atoms with Crippen molar-refractivity contribution in [1.82, 2.24) is 0 Å². The number of carbonyl (C=O) groups is 2. The van der Waals surface area contributed by atoms with Crippen molar-refractivity contribution in [3.63, 3.8) is 0 Å². The van der Waals surface area contributed by atoms with E-state index in [1.165, 1.54) is 0 Å². The summed E-state index contributed by atoms with van der Waals surface area (Å²) in [5.41, 5.74) is 1.30. The van der Waals surface area contributed by atoms with Crippen LogP contribution >= 0.6 is 0 Å². The van der Waals surface area contributed by atoms with Crippen LogP contribution in [0.3, 0.4) is 0 Å². The number of ketones is 1. The molecule has 0 spiro atoms. The zero-order chi connectivity index (χ0) is 13.1. The van der Waals surface area contributed by atoms with Gasteiger partial charge in [-0.3, -0.25) is 9.59 Å². The van der Waals surface area contributed by atoms with Crippen molar-refractivity contribution >= 4 is 17.4 Å². The number of hydrogen-bond donors (Lipinski definition) is 2. The zero-order valence-electron chi connectivity index (χ0n) is 10.1. The van der Waals surface area contributed by atoms with E-state index in [1.807, 2.05) is 6.92 Å². The van der Waals surface area contributed by atoms with E-state index in [0.29, 0.717) is 12.1 Å². The summed E-state index contributed by atoms with van der Waals surface area (Å²) in [4.78, 5) is 22.2. The van der Waals surface area contributed by atoms with Gasteiger partial charge in [0.05, 0.1) is 18.7 Å². The zero-order valence-corrected chi connectivity index (χ0v) is 10.1. The predicted molar refractivity (Wildman–Crippen MR) is 66.2 cm³/mol. The summed E-state index contributed by atoms with van der Waals surface area (Å²) in [6.07, 6.45) is -0.0199. The second-order valence-corrected chi connectivity index (χ2v) is 4.34. The van der Waals surface area contributed by atoms with Crippen molar-refractivity contribution in [2.24, 2.45) is 0 Å². The lowest BCUT2D eigenvalue weighted by Gasteiger charge is -2.25. The Balaban J connectivity index is 2.11. The van der Waals surface area contributed by atoms with Gasteiger partial charge >= 0.3 is 5.97 Å². The molecule has 0 amide bonds. The molecule has 0 bridgehead atoms. The molecule has 0 radical (unpaired) electrons. The van der Waals surface area contributed by atoms with Crippen LogP contribution in [-0.2, 0) is 4.79 Å². The number of ether oxygens (including phenoxy) is 1. The molecule has 1 heterocycles. The molecule has 0 saturated heterocycles. The lowest BCUT2D eigenvalue weighted by molar-refractivity contribution is -0.136. The lowest BCUT2D eigenvalue weighted by Crippen LogP contribution is -2.27. The number of carbonyl (C=O) groups excluding carboxylic acids is 1. The molecule has 0 aliphatic carbocycles. The number of anilines is 1. The first-order valence-corrected chi connectivity index (χ1v) is 5.86. The Bertz CT molecular complexity index is 484. The standard InChI is InChI=1S/C13H15NO4/c1-8-7-14-10-6-9(2-4-12(10)18-8)11(15)3-5-13(16)17/h2,4,6,8,14H,3,5,7H2,1H3,(H,16,17). The van der Waals surface area contributed by atoms with Crippen molar-refractivity contribution in [2.75, 3.05) is 11.9 Å². The highest BCUT2D eigenvalue weighted by Gasteiger charge is 2.17. The van der Waals surface area contributed by atoms with E-state index < -0.39 is 5.97 Å². The molecule has 5 heteroatoms. The van der Waals surface area contributed by atoms with Gasteiger partial charge in [0.25, 0.3) is 0 Å². The van der Waals surface area contributed by atoms with Gasteiger partial charge in [-0.1, -0.05) is 0 Å². The van der Waals surface area contributed by atoms with Crippen LogP contribution in [0.15, 0.2) is 18.2 Å². The number of hydrogen-bond acceptors (Lipinski definition) is 4. The van der Waals surface area contributed by atoms with Crippen molar-refractivity contribution in [3.05, 3.63) is 23.8 Å². The number of aliphatic carboxylic acids is 1. The highest BCUT2D eigenvalue weighted by molar-refractivity contribution is 5.98. The van der Waals surface area contributed by atoms with Crippen LogP contribution < -0.4 is 10.1 Å². The van der Waals surface area contributed by atoms with Gasteiger partial charge in [-0.05, 0) is 25.1 Å². The van der Waals surface area contributed by atoms with Crippen LogP contribution in [0.2, 0.25) is 0 Å². The molecule has 2 N–H and O–H groups in total. The summed E-state index contributed by atoms with van der Waals surface area (Å²) in [5.74, 6) is -0.402. The predicted octanol–water partition coefficient (Wildman–Crippen LogP) is 1.93. The molecule has 2 rings (SSSR count). The van der Waals surface area contributed by atoms with Crippen molar-refractivity contribution in [3.8, 4) is 5.75 Å². The quantitative estimate of drug-likeness (QED) is 0.797. The number of fused-ring (bicyclic) bond motifs is 1. The number of carboxylic acid groups (broad SMARTS) is 1. The van der Waals surface area contributed by atoms with E-state index in [4.69, 9.17) is 9.84 Å². The van der Waals surface area contributed by atoms with Gasteiger partial charge in [0.15, 0.2) is 5.78 Å². The maximum Gasteiger partial charge on any atom is 0.303 e. The summed E-state index contributed by atoms with van der Waals surface area (Å²) in [7, 11) is 0. The van der Waals surface area contributed by atoms with Gasteiger partial charge < -0.3 is 15.2 Å². The van der Waals surface area contributed by atoms with E-state index in [9.17, 15) is 9.59 Å². The SMILES string of the molecule is CC1CNc2cc(C(=O)CCC(=O)O)ccc2O1. The first-order valence-electron chi connectivity index (χ1n) is 5.86. The molecule has 0 aromatic heterocycles. The fourth-order valence-corrected chi connectivity index (χ4v) is 1.82. The van der Waals surface area contributed by atoms with Gasteiger partial charge in [-0.15, -0.1) is 0 Å². The maximum atomic E-state index is 11.8. The van der Waals surface area contributed by atoms with E-state index in [2.05, 4.69) is 5.32 Å². The van der Waals surface area contributed by atoms with Crippen LogP contribution in [0, 0.1) is 0 Å². The van der Waals surface area contributed by atoms with Crippen LogP contribution in [0.25, 0.3) is 0 Å². The van der Waals surface area contributed by atoms with Crippen LogP contribution in [0.1, 0.15) is 30.1 Å². The first-order chi connectivity index (χ1) is 8.56. The second-order valence-electron chi connectivity index (χ2n) is 4.34. The van der Waals surface area contributed by atoms with Crippen molar-refractivity contribution in [2.45, 2.75) is 25.9 Å². The Morgan fingerprint density at radius 3 is 2.94 bits per heavy atom. The molecule has 0 saturated carbocycles. The number of Topliss-reactive ketones (excluding diaryl/α,β-unsaturated/α-hetero) is 1. The Labute approximate surface area is 105 Å². The van der Waals surface area contributed by atoms with Gasteiger partial charge in [0.2, 0.25) is 0 Å². The van der Waals surface area contributed by atoms with Crippen molar-refractivity contribution in [1.29, 1.82) is 0 Å². The maximum absolute atomic E-state index is 11.8. The molecule has 1 aliphatic heterocycles. The fraction of sp³-hybridized carbons (Fsp3) is 0.385. The van der Waals surface area contributed by atoms with Crippen LogP contribution in [0.4, 0.5) is 5.69 Å².